The third kappa shape index (κ3) is 5.56. The molecule has 6 nitrogen and oxygen atoms in total. The van der Waals surface area contributed by atoms with E-state index in [9.17, 15) is 9.59 Å². The van der Waals surface area contributed by atoms with Gasteiger partial charge in [0.25, 0.3) is 11.8 Å². The van der Waals surface area contributed by atoms with Gasteiger partial charge in [-0.15, -0.1) is 0 Å². The highest BCUT2D eigenvalue weighted by Crippen LogP contribution is 2.17. The van der Waals surface area contributed by atoms with Gasteiger partial charge in [0.2, 0.25) is 0 Å². The molecule has 2 aromatic carbocycles. The number of morpholine rings is 1. The van der Waals surface area contributed by atoms with Crippen LogP contribution in [0, 0.1) is 0 Å². The van der Waals surface area contributed by atoms with Crippen molar-refractivity contribution in [1.29, 1.82) is 0 Å². The summed E-state index contributed by atoms with van der Waals surface area (Å²) >= 11 is 0. The summed E-state index contributed by atoms with van der Waals surface area (Å²) in [6.07, 6.45) is 5.26. The normalized spacial score (nSPS) is 14.7. The van der Waals surface area contributed by atoms with E-state index in [4.69, 9.17) is 9.47 Å². The zero-order valence-electron chi connectivity index (χ0n) is 16.3. The summed E-state index contributed by atoms with van der Waals surface area (Å²) in [5.41, 5.74) is 1.57. The molecule has 0 aromatic heterocycles. The highest BCUT2D eigenvalue weighted by atomic mass is 16.5. The Kier molecular flexibility index (Phi) is 7.19. The summed E-state index contributed by atoms with van der Waals surface area (Å²) in [5, 5.41) is 2.75. The van der Waals surface area contributed by atoms with Gasteiger partial charge in [-0.2, -0.15) is 0 Å². The third-order valence-corrected chi connectivity index (χ3v) is 4.48. The molecule has 1 saturated heterocycles. The third-order valence-electron chi connectivity index (χ3n) is 4.48. The molecule has 29 heavy (non-hydrogen) atoms. The molecule has 1 N–H and O–H groups in total. The van der Waals surface area contributed by atoms with Gasteiger partial charge in [0.05, 0.1) is 25.9 Å². The van der Waals surface area contributed by atoms with Crippen LogP contribution in [0.2, 0.25) is 0 Å². The molecule has 150 valence electrons. The summed E-state index contributed by atoms with van der Waals surface area (Å²) in [7, 11) is 1.50. The van der Waals surface area contributed by atoms with Gasteiger partial charge in [-0.25, -0.2) is 0 Å². The van der Waals surface area contributed by atoms with Gasteiger partial charge in [-0.1, -0.05) is 54.6 Å². The molecule has 3 rings (SSSR count). The zero-order chi connectivity index (χ0) is 20.5. The monoisotopic (exact) mass is 392 g/mol. The molecule has 0 radical (unpaired) electrons. The number of benzene rings is 2. The molecule has 2 aromatic rings. The number of hydrogen-bond acceptors (Lipinski definition) is 4. The molecule has 2 amide bonds. The Balaban J connectivity index is 1.83. The number of amides is 2. The summed E-state index contributed by atoms with van der Waals surface area (Å²) < 4.78 is 10.6. The molecular weight excluding hydrogens is 368 g/mol. The van der Waals surface area contributed by atoms with Gasteiger partial charge >= 0.3 is 0 Å². The van der Waals surface area contributed by atoms with Crippen LogP contribution in [0.1, 0.15) is 15.9 Å². The lowest BCUT2D eigenvalue weighted by Gasteiger charge is -2.27. The largest absolute Gasteiger partial charge is 0.496 e. The first-order valence-corrected chi connectivity index (χ1v) is 9.44. The number of methoxy groups -OCH3 is 1. The summed E-state index contributed by atoms with van der Waals surface area (Å²) in [5.74, 6) is -0.194. The SMILES string of the molecule is COc1ccccc1C(=O)NC(=CC=Cc1ccccc1)C(=O)N1CCOCC1. The van der Waals surface area contributed by atoms with Gasteiger partial charge in [0.1, 0.15) is 11.4 Å². The van der Waals surface area contributed by atoms with Crippen LogP contribution in [-0.2, 0) is 9.53 Å². The number of para-hydroxylation sites is 1. The number of allylic oxidation sites excluding steroid dienone is 2. The van der Waals surface area contributed by atoms with Crippen molar-refractivity contribution in [3.8, 4) is 5.75 Å². The van der Waals surface area contributed by atoms with E-state index in [0.29, 0.717) is 37.6 Å². The van der Waals surface area contributed by atoms with Gasteiger partial charge in [0.15, 0.2) is 0 Å². The van der Waals surface area contributed by atoms with Crippen LogP contribution in [-0.4, -0.2) is 50.1 Å². The smallest absolute Gasteiger partial charge is 0.270 e. The van der Waals surface area contributed by atoms with Crippen LogP contribution in [0.3, 0.4) is 0 Å². The maximum Gasteiger partial charge on any atom is 0.270 e. The van der Waals surface area contributed by atoms with E-state index in [2.05, 4.69) is 5.32 Å². The Labute approximate surface area is 170 Å². The quantitative estimate of drug-likeness (QED) is 0.606. The first-order valence-electron chi connectivity index (χ1n) is 9.44. The van der Waals surface area contributed by atoms with Crippen molar-refractivity contribution in [1.82, 2.24) is 10.2 Å². The van der Waals surface area contributed by atoms with Crippen LogP contribution < -0.4 is 10.1 Å². The van der Waals surface area contributed by atoms with Crippen LogP contribution in [0.25, 0.3) is 6.08 Å². The van der Waals surface area contributed by atoms with E-state index in [0.717, 1.165) is 5.56 Å². The van der Waals surface area contributed by atoms with E-state index >= 15 is 0 Å². The highest BCUT2D eigenvalue weighted by molar-refractivity contribution is 6.04. The highest BCUT2D eigenvalue weighted by Gasteiger charge is 2.23. The van der Waals surface area contributed by atoms with Crippen molar-refractivity contribution in [3.63, 3.8) is 0 Å². The van der Waals surface area contributed by atoms with E-state index in [1.807, 2.05) is 36.4 Å². The maximum atomic E-state index is 13.0. The Hall–Kier alpha value is -3.38. The molecular formula is C23H24N2O4. The number of hydrogen-bond donors (Lipinski definition) is 1. The molecule has 0 atom stereocenters. The molecule has 6 heteroatoms. The first-order chi connectivity index (χ1) is 14.2. The van der Waals surface area contributed by atoms with Crippen molar-refractivity contribution in [2.45, 2.75) is 0 Å². The minimum atomic E-state index is -0.400. The lowest BCUT2D eigenvalue weighted by molar-refractivity contribution is -0.131. The average molecular weight is 392 g/mol. The average Bonchev–Trinajstić information content (AvgIpc) is 2.79. The molecule has 0 bridgehead atoms. The lowest BCUT2D eigenvalue weighted by atomic mass is 10.1. The lowest BCUT2D eigenvalue weighted by Crippen LogP contribution is -2.44. The van der Waals surface area contributed by atoms with Gasteiger partial charge in [-0.3, -0.25) is 9.59 Å². The van der Waals surface area contributed by atoms with Gasteiger partial charge < -0.3 is 19.7 Å². The standard InChI is InChI=1S/C23H24N2O4/c1-28-21-13-6-5-11-19(21)22(26)24-20(23(27)25-14-16-29-17-15-25)12-7-10-18-8-3-2-4-9-18/h2-13H,14-17H2,1H3,(H,24,26). The molecule has 0 aliphatic carbocycles. The van der Waals surface area contributed by atoms with E-state index in [1.165, 1.54) is 7.11 Å². The fraction of sp³-hybridized carbons (Fsp3) is 0.217. The van der Waals surface area contributed by atoms with E-state index < -0.39 is 5.91 Å². The molecule has 1 fully saturated rings. The fourth-order valence-corrected chi connectivity index (χ4v) is 2.94. The topological polar surface area (TPSA) is 67.9 Å². The van der Waals surface area contributed by atoms with E-state index in [1.54, 1.807) is 41.3 Å². The second-order valence-corrected chi connectivity index (χ2v) is 6.41. The van der Waals surface area contributed by atoms with Crippen molar-refractivity contribution >= 4 is 17.9 Å². The van der Waals surface area contributed by atoms with Crippen molar-refractivity contribution in [3.05, 3.63) is 83.6 Å². The number of ether oxygens (including phenoxy) is 2. The van der Waals surface area contributed by atoms with Gasteiger partial charge in [0, 0.05) is 13.1 Å². The number of rotatable bonds is 6. The summed E-state index contributed by atoms with van der Waals surface area (Å²) in [6, 6.07) is 16.6. The Morgan fingerprint density at radius 3 is 2.45 bits per heavy atom. The van der Waals surface area contributed by atoms with Gasteiger partial charge in [-0.05, 0) is 23.8 Å². The summed E-state index contributed by atoms with van der Waals surface area (Å²) in [6.45, 7) is 1.95. The fourth-order valence-electron chi connectivity index (χ4n) is 2.94. The Bertz CT molecular complexity index is 900. The minimum Gasteiger partial charge on any atom is -0.496 e. The van der Waals surface area contributed by atoms with Crippen LogP contribution in [0.15, 0.2) is 72.4 Å². The number of nitrogens with zero attached hydrogens (tertiary/aromatic N) is 1. The molecule has 0 saturated carbocycles. The minimum absolute atomic E-state index is 0.204. The molecule has 1 heterocycles. The summed E-state index contributed by atoms with van der Waals surface area (Å²) in [4.78, 5) is 27.5. The second kappa shape index (κ2) is 10.2. The molecule has 0 unspecified atom stereocenters. The van der Waals surface area contributed by atoms with Crippen LogP contribution >= 0.6 is 0 Å². The van der Waals surface area contributed by atoms with Crippen LogP contribution in [0.5, 0.6) is 5.75 Å². The van der Waals surface area contributed by atoms with Crippen molar-refractivity contribution in [2.75, 3.05) is 33.4 Å². The number of nitrogens with one attached hydrogen (secondary N) is 1. The van der Waals surface area contributed by atoms with Crippen LogP contribution in [0.4, 0.5) is 0 Å². The van der Waals surface area contributed by atoms with Crippen molar-refractivity contribution < 1.29 is 19.1 Å². The zero-order valence-corrected chi connectivity index (χ0v) is 16.3. The molecule has 0 spiro atoms. The molecule has 1 aliphatic rings. The first kappa shape index (κ1) is 20.4. The second-order valence-electron chi connectivity index (χ2n) is 6.41. The number of carbonyl (C=O) groups is 2. The van der Waals surface area contributed by atoms with Crippen molar-refractivity contribution in [2.24, 2.45) is 0 Å². The number of carbonyl (C=O) groups excluding carboxylic acids is 2. The predicted octanol–water partition coefficient (Wildman–Crippen LogP) is 2.88. The predicted molar refractivity (Wildman–Crippen MR) is 111 cm³/mol. The van der Waals surface area contributed by atoms with E-state index in [-0.39, 0.29) is 11.6 Å². The maximum absolute atomic E-state index is 13.0. The Morgan fingerprint density at radius 1 is 1.03 bits per heavy atom. The Morgan fingerprint density at radius 2 is 1.72 bits per heavy atom. The molecule has 1 aliphatic heterocycles.